The van der Waals surface area contributed by atoms with Crippen LogP contribution in [0.25, 0.3) is 10.2 Å². The number of fused-ring (bicyclic) bond motifs is 1. The summed E-state index contributed by atoms with van der Waals surface area (Å²) in [5, 5.41) is 0.121. The number of nitrogens with zero attached hydrogens (tertiary/aromatic N) is 1. The number of rotatable bonds is 4. The van der Waals surface area contributed by atoms with Gasteiger partial charge in [-0.2, -0.15) is 8.42 Å². The predicted molar refractivity (Wildman–Crippen MR) is 73.1 cm³/mol. The van der Waals surface area contributed by atoms with Crippen LogP contribution in [0.3, 0.4) is 0 Å². The van der Waals surface area contributed by atoms with Crippen LogP contribution in [0, 0.1) is 0 Å². The number of hydrogen-bond acceptors (Lipinski definition) is 5. The van der Waals surface area contributed by atoms with Crippen molar-refractivity contribution in [1.82, 2.24) is 4.98 Å². The fraction of sp³-hybridized carbons (Fsp3) is 0.222. The summed E-state index contributed by atoms with van der Waals surface area (Å²) in [6.45, 7) is 2.42. The number of thiazole rings is 1. The molecule has 1 aromatic heterocycles. The maximum absolute atomic E-state index is 10.6. The van der Waals surface area contributed by atoms with Crippen molar-refractivity contribution in [3.63, 3.8) is 0 Å². The number of hydrogen-bond donors (Lipinski definition) is 2. The number of ether oxygens (including phenoxy) is 1. The van der Waals surface area contributed by atoms with Crippen LogP contribution < -0.4 is 9.46 Å². The van der Waals surface area contributed by atoms with Gasteiger partial charge in [-0.05, 0) is 19.1 Å². The topological polar surface area (TPSA) is 88.5 Å². The molecule has 0 unspecified atom stereocenters. The van der Waals surface area contributed by atoms with E-state index in [0.29, 0.717) is 17.9 Å². The van der Waals surface area contributed by atoms with Crippen molar-refractivity contribution in [1.29, 1.82) is 0 Å². The summed E-state index contributed by atoms with van der Waals surface area (Å²) in [6, 6.07) is 5.28. The first-order valence-electron chi connectivity index (χ1n) is 4.76. The molecule has 0 saturated heterocycles. The molecule has 9 heteroatoms. The van der Waals surface area contributed by atoms with Crippen LogP contribution in [-0.2, 0) is 10.3 Å². The third-order valence-corrected chi connectivity index (χ3v) is 3.42. The SMILES string of the molecule is CCOc1ccc2sc(NS(=O)(=O)O)nc2c1.[NaH]. The molecular weight excluding hydrogens is 287 g/mol. The van der Waals surface area contributed by atoms with Crippen LogP contribution >= 0.6 is 11.3 Å². The van der Waals surface area contributed by atoms with E-state index in [1.165, 1.54) is 0 Å². The van der Waals surface area contributed by atoms with Crippen LogP contribution in [0.15, 0.2) is 18.2 Å². The first-order chi connectivity index (χ1) is 7.98. The summed E-state index contributed by atoms with van der Waals surface area (Å²) < 4.78 is 37.9. The minimum absolute atomic E-state index is 0. The maximum atomic E-state index is 10.6. The van der Waals surface area contributed by atoms with Gasteiger partial charge < -0.3 is 4.74 Å². The molecule has 1 aromatic carbocycles. The number of benzene rings is 1. The Morgan fingerprint density at radius 3 is 2.83 bits per heavy atom. The summed E-state index contributed by atoms with van der Waals surface area (Å²) in [4.78, 5) is 4.03. The van der Waals surface area contributed by atoms with Crippen molar-refractivity contribution in [3.8, 4) is 5.75 Å². The van der Waals surface area contributed by atoms with Gasteiger partial charge in [0.1, 0.15) is 5.75 Å². The molecule has 2 rings (SSSR count). The summed E-state index contributed by atoms with van der Waals surface area (Å²) >= 11 is 1.13. The zero-order valence-electron chi connectivity index (χ0n) is 8.87. The Bertz CT molecular complexity index is 641. The molecule has 18 heavy (non-hydrogen) atoms. The van der Waals surface area contributed by atoms with Crippen molar-refractivity contribution in [2.75, 3.05) is 11.3 Å². The Labute approximate surface area is 131 Å². The molecule has 0 fully saturated rings. The fourth-order valence-corrected chi connectivity index (χ4v) is 2.76. The second-order valence-electron chi connectivity index (χ2n) is 3.16. The van der Waals surface area contributed by atoms with E-state index in [1.54, 1.807) is 18.2 Å². The van der Waals surface area contributed by atoms with Crippen LogP contribution in [-0.4, -0.2) is 54.1 Å². The van der Waals surface area contributed by atoms with E-state index in [-0.39, 0.29) is 34.7 Å². The van der Waals surface area contributed by atoms with Crippen LogP contribution in [0.4, 0.5) is 5.13 Å². The molecule has 94 valence electrons. The van der Waals surface area contributed by atoms with Gasteiger partial charge in [-0.25, -0.2) is 9.71 Å². The Kier molecular flexibility index (Phi) is 5.38. The quantitative estimate of drug-likeness (QED) is 0.655. The third-order valence-electron chi connectivity index (χ3n) is 1.89. The van der Waals surface area contributed by atoms with Gasteiger partial charge in [0, 0.05) is 6.07 Å². The van der Waals surface area contributed by atoms with Gasteiger partial charge in [0.25, 0.3) is 0 Å². The number of anilines is 1. The van der Waals surface area contributed by atoms with Crippen molar-refractivity contribution < 1.29 is 17.7 Å². The van der Waals surface area contributed by atoms with Crippen molar-refractivity contribution >= 4 is 66.5 Å². The fourth-order valence-electron chi connectivity index (χ4n) is 1.32. The first-order valence-corrected chi connectivity index (χ1v) is 7.02. The Hall–Kier alpha value is -0.380. The molecule has 0 aliphatic carbocycles. The zero-order valence-corrected chi connectivity index (χ0v) is 10.5. The number of aromatic nitrogens is 1. The molecule has 0 radical (unpaired) electrons. The zero-order chi connectivity index (χ0) is 12.5. The molecule has 0 spiro atoms. The van der Waals surface area contributed by atoms with Crippen molar-refractivity contribution in [2.24, 2.45) is 0 Å². The van der Waals surface area contributed by atoms with E-state index in [0.717, 1.165) is 16.0 Å². The van der Waals surface area contributed by atoms with E-state index >= 15 is 0 Å². The van der Waals surface area contributed by atoms with Gasteiger partial charge in [0.05, 0.1) is 16.8 Å². The van der Waals surface area contributed by atoms with Crippen molar-refractivity contribution in [3.05, 3.63) is 18.2 Å². The van der Waals surface area contributed by atoms with Crippen LogP contribution in [0.1, 0.15) is 6.92 Å². The van der Waals surface area contributed by atoms with E-state index < -0.39 is 10.3 Å². The predicted octanol–water partition coefficient (Wildman–Crippen LogP) is 1.26. The van der Waals surface area contributed by atoms with Crippen LogP contribution in [0.2, 0.25) is 0 Å². The molecule has 0 aliphatic heterocycles. The molecule has 0 aliphatic rings. The molecule has 0 atom stereocenters. The second-order valence-corrected chi connectivity index (χ2v) is 5.34. The van der Waals surface area contributed by atoms with Gasteiger partial charge in [-0.15, -0.1) is 0 Å². The summed E-state index contributed by atoms with van der Waals surface area (Å²) in [5.41, 5.74) is 0.618. The van der Waals surface area contributed by atoms with E-state index in [1.807, 2.05) is 11.6 Å². The van der Waals surface area contributed by atoms with E-state index in [2.05, 4.69) is 4.98 Å². The molecule has 2 aromatic rings. The van der Waals surface area contributed by atoms with Gasteiger partial charge in [0.2, 0.25) is 0 Å². The average molecular weight is 298 g/mol. The minimum atomic E-state index is -4.28. The normalized spacial score (nSPS) is 11.0. The molecule has 6 nitrogen and oxygen atoms in total. The average Bonchev–Trinajstić information content (AvgIpc) is 2.56. The number of nitrogens with one attached hydrogen (secondary N) is 1. The van der Waals surface area contributed by atoms with Gasteiger partial charge in [-0.1, -0.05) is 11.3 Å². The molecule has 0 amide bonds. The second kappa shape index (κ2) is 6.18. The van der Waals surface area contributed by atoms with Crippen LogP contribution in [0.5, 0.6) is 5.75 Å². The summed E-state index contributed by atoms with van der Waals surface area (Å²) in [7, 11) is -4.28. The molecular formula is C9H11N2NaO4S2. The van der Waals surface area contributed by atoms with Gasteiger partial charge in [0.15, 0.2) is 5.13 Å². The standard InChI is InChI=1S/C9H10N2O4S2.Na.H/c1-2-15-6-3-4-8-7(5-6)10-9(16-8)11-17(12,13)14;;/h3-5H,2H2,1H3,(H,10,11)(H,12,13,14);;. The molecule has 2 N–H and O–H groups in total. The Morgan fingerprint density at radius 2 is 2.22 bits per heavy atom. The first kappa shape index (κ1) is 15.7. The molecule has 0 bridgehead atoms. The van der Waals surface area contributed by atoms with Gasteiger partial charge >= 0.3 is 39.9 Å². The summed E-state index contributed by atoms with van der Waals surface area (Å²) in [5.74, 6) is 0.670. The molecule has 0 saturated carbocycles. The van der Waals surface area contributed by atoms with E-state index in [4.69, 9.17) is 9.29 Å². The summed E-state index contributed by atoms with van der Waals surface area (Å²) in [6.07, 6.45) is 0. The monoisotopic (exact) mass is 298 g/mol. The van der Waals surface area contributed by atoms with E-state index in [9.17, 15) is 8.42 Å². The van der Waals surface area contributed by atoms with Gasteiger partial charge in [-0.3, -0.25) is 4.55 Å². The Morgan fingerprint density at radius 1 is 1.50 bits per heavy atom. The molecule has 1 heterocycles. The van der Waals surface area contributed by atoms with Crippen molar-refractivity contribution in [2.45, 2.75) is 6.92 Å². The Balaban J connectivity index is 0.00000162. The third kappa shape index (κ3) is 4.08.